The van der Waals surface area contributed by atoms with Crippen LogP contribution < -0.4 is 10.6 Å². The maximum absolute atomic E-state index is 12.9. The van der Waals surface area contributed by atoms with E-state index in [2.05, 4.69) is 146 Å². The van der Waals surface area contributed by atoms with Crippen molar-refractivity contribution in [3.8, 4) is 0 Å². The highest BCUT2D eigenvalue weighted by atomic mass is 127. The second kappa shape index (κ2) is 33.5. The van der Waals surface area contributed by atoms with Crippen molar-refractivity contribution in [1.82, 2.24) is 69.6 Å². The van der Waals surface area contributed by atoms with Crippen molar-refractivity contribution in [2.75, 3.05) is 0 Å². The first kappa shape index (κ1) is 74.6. The van der Waals surface area contributed by atoms with Gasteiger partial charge in [0, 0.05) is 43.2 Å². The van der Waals surface area contributed by atoms with Gasteiger partial charge in [0.1, 0.15) is 38.0 Å². The van der Waals surface area contributed by atoms with E-state index in [-0.39, 0.29) is 40.7 Å². The number of halogens is 3. The number of pyridine rings is 6. The number of hydrogen-bond acceptors (Lipinski definition) is 14. The molecule has 0 bridgehead atoms. The predicted molar refractivity (Wildman–Crippen MR) is 403 cm³/mol. The molecule has 2 aliphatic carbocycles. The van der Waals surface area contributed by atoms with Crippen molar-refractivity contribution in [2.24, 2.45) is 0 Å². The summed E-state index contributed by atoms with van der Waals surface area (Å²) in [7, 11) is 0. The number of ether oxygens (including phenoxy) is 2. The molecule has 0 radical (unpaired) electrons. The molecule has 12 aromatic rings. The summed E-state index contributed by atoms with van der Waals surface area (Å²) in [5.74, 6) is 0.884. The van der Waals surface area contributed by atoms with Crippen LogP contribution in [0.5, 0.6) is 0 Å². The number of aromatic amines is 4. The number of rotatable bonds is 4. The fraction of sp³-hybridized carbons (Fsp3) is 0.282. The summed E-state index contributed by atoms with van der Waals surface area (Å²) >= 11 is 7.57. The zero-order valence-corrected chi connectivity index (χ0v) is 61.2. The van der Waals surface area contributed by atoms with Crippen LogP contribution in [-0.4, -0.2) is 129 Å². The summed E-state index contributed by atoms with van der Waals surface area (Å²) in [6, 6.07) is 24.0. The highest BCUT2D eigenvalue weighted by Crippen LogP contribution is 2.30. The van der Waals surface area contributed by atoms with Crippen LogP contribution in [0.2, 0.25) is 0 Å². The second-order valence-corrected chi connectivity index (χ2v) is 27.9. The molecule has 12 heterocycles. The molecule has 2 amide bonds. The summed E-state index contributed by atoms with van der Waals surface area (Å²) in [5, 5.41) is 25.8. The number of aliphatic hydroxyl groups excluding tert-OH is 2. The molecule has 0 spiro atoms. The third kappa shape index (κ3) is 19.4. The standard InChI is InChI=1S/C20H24N4O4.C15H16N4O2.C13H12IN3O2.C8H4IN3.C8H5N3.C7H5BrN2/c1-20(2,3)28-19(27)24-11-12(17-14(24)9-10-16(21-4)23-17)18(26)22-13-7-5-6-8-15(13)25;1-16-13-7-6-11-14(19-13)9(8-17-11)15(21)18-10-4-2-3-5-12(10)20;1-13(2,3)19-12(18)17-7-8(14)11-9(17)5-6-10(15-4)16-11;1-10-7-3-2-6-8(12-7)5(9)4-11-6;1-9-8-3-2-6-7(11-8)4-5-10-6;8-7-2-1-5-6(10-7)3-4-9-5/h9-11,13,15,25H,5-8H2,1-3H3,(H,22,26);6-8,10,12,17,20H,2-5H2,(H,18,21);5-7H,1-3H3;2-4,11H;2-5,10H;1-4,9H/t13-,15-;10-,12-;;;;/m00..../s1. The lowest BCUT2D eigenvalue weighted by molar-refractivity contribution is 0.0532. The summed E-state index contributed by atoms with van der Waals surface area (Å²) in [5.41, 5.74) is 8.20. The van der Waals surface area contributed by atoms with Crippen LogP contribution in [0.4, 0.5) is 38.7 Å². The predicted octanol–water partition coefficient (Wildman–Crippen LogP) is 16.7. The molecule has 0 aromatic carbocycles. The fourth-order valence-electron chi connectivity index (χ4n) is 10.6. The smallest absolute Gasteiger partial charge is 0.419 e. The van der Waals surface area contributed by atoms with Gasteiger partial charge in [-0.05, 0) is 207 Å². The van der Waals surface area contributed by atoms with E-state index in [0.717, 1.165) is 88.9 Å². The molecule has 514 valence electrons. The minimum absolute atomic E-state index is 0.126. The lowest BCUT2D eigenvalue weighted by Crippen LogP contribution is -2.45. The quantitative estimate of drug-likeness (QED) is 0.0461. The number of amides is 2. The number of H-pyrrole nitrogens is 4. The summed E-state index contributed by atoms with van der Waals surface area (Å²) in [6.07, 6.45) is 14.8. The van der Waals surface area contributed by atoms with Crippen LogP contribution in [-0.2, 0) is 9.47 Å². The molecule has 14 rings (SSSR count). The average molecular weight is 1650 g/mol. The Bertz CT molecular complexity index is 5260. The molecule has 8 N–H and O–H groups in total. The Labute approximate surface area is 614 Å². The van der Waals surface area contributed by atoms with Crippen molar-refractivity contribution in [2.45, 2.75) is 128 Å². The summed E-state index contributed by atoms with van der Waals surface area (Å²) in [6.45, 7) is 45.4. The number of carbonyl (C=O) groups is 4. The van der Waals surface area contributed by atoms with Crippen molar-refractivity contribution >= 4 is 180 Å². The molecule has 101 heavy (non-hydrogen) atoms. The van der Waals surface area contributed by atoms with Crippen molar-refractivity contribution < 1.29 is 38.9 Å². The van der Waals surface area contributed by atoms with Gasteiger partial charge in [-0.1, -0.05) is 58.5 Å². The van der Waals surface area contributed by atoms with Gasteiger partial charge in [-0.25, -0.2) is 23.7 Å². The molecule has 0 saturated heterocycles. The van der Waals surface area contributed by atoms with E-state index in [4.69, 9.17) is 42.3 Å². The second-order valence-electron chi connectivity index (χ2n) is 24.8. The van der Waals surface area contributed by atoms with Gasteiger partial charge in [-0.3, -0.25) is 9.59 Å². The first-order chi connectivity index (χ1) is 48.3. The fourth-order valence-corrected chi connectivity index (χ4v) is 12.1. The van der Waals surface area contributed by atoms with Crippen molar-refractivity contribution in [3.63, 3.8) is 0 Å². The zero-order valence-electron chi connectivity index (χ0n) is 55.3. The van der Waals surface area contributed by atoms with Gasteiger partial charge in [0.05, 0.1) is 59.0 Å². The largest absolute Gasteiger partial charge is 0.443 e. The monoisotopic (exact) mass is 1650 g/mol. The Hall–Kier alpha value is -10.7. The third-order valence-corrected chi connectivity index (χ3v) is 17.3. The van der Waals surface area contributed by atoms with E-state index >= 15 is 0 Å². The van der Waals surface area contributed by atoms with Crippen LogP contribution in [0.15, 0.2) is 127 Å². The zero-order chi connectivity index (χ0) is 72.7. The SMILES string of the molecule is Brc1ccc2[nH]ccc2n1.[C-]#[N+]c1ccc2[nH]cc(C(=O)N[C@H]3CCCC[C@@H]3O)c2n1.[C-]#[N+]c1ccc2[nH]cc(I)c2n1.[C-]#[N+]c1ccc2[nH]ccc2n1.[C-]#[N+]c1ccc2c(n1)c(C(=O)N[C@H]1CCCC[C@@H]1O)cn2C(=O)OC(C)(C)C.[C-]#[N+]c1ccc2c(n1)c(I)cn2C(=O)OC(C)(C)C. The Balaban J connectivity index is 0.000000146. The molecule has 30 heteroatoms. The Morgan fingerprint density at radius 3 is 1.41 bits per heavy atom. The molecule has 2 saturated carbocycles. The molecule has 2 fully saturated rings. The molecule has 4 atom stereocenters. The van der Waals surface area contributed by atoms with Crippen LogP contribution >= 0.6 is 61.1 Å². The molecule has 0 aliphatic heterocycles. The number of aromatic nitrogens is 12. The number of nitrogens with one attached hydrogen (secondary N) is 6. The van der Waals surface area contributed by atoms with Gasteiger partial charge >= 0.3 is 12.2 Å². The Morgan fingerprint density at radius 1 is 0.485 bits per heavy atom. The highest BCUT2D eigenvalue weighted by Gasteiger charge is 2.31. The van der Waals surface area contributed by atoms with Crippen LogP contribution in [0.25, 0.3) is 90.4 Å². The molecular weight excluding hydrogens is 1580 g/mol. The van der Waals surface area contributed by atoms with Crippen molar-refractivity contribution in [1.29, 1.82) is 0 Å². The maximum atomic E-state index is 12.9. The van der Waals surface area contributed by atoms with E-state index in [1.54, 1.807) is 75.6 Å². The van der Waals surface area contributed by atoms with Gasteiger partial charge in [0.15, 0.2) is 27.6 Å². The Morgan fingerprint density at radius 2 is 0.891 bits per heavy atom. The van der Waals surface area contributed by atoms with E-state index in [9.17, 15) is 29.4 Å². The van der Waals surface area contributed by atoms with Gasteiger partial charge in [0.2, 0.25) is 0 Å². The number of fused-ring (bicyclic) bond motifs is 6. The van der Waals surface area contributed by atoms with Gasteiger partial charge in [-0.15, -0.1) is 24.9 Å². The lowest BCUT2D eigenvalue weighted by atomic mass is 9.92. The average Bonchev–Trinajstić information content (AvgIpc) is 1.66. The topological polar surface area (TPSA) is 323 Å². The first-order valence-electron chi connectivity index (χ1n) is 31.4. The number of hydrogen-bond donors (Lipinski definition) is 8. The minimum Gasteiger partial charge on any atom is -0.443 e. The normalized spacial score (nSPS) is 15.5. The third-order valence-electron chi connectivity index (χ3n) is 15.3. The van der Waals surface area contributed by atoms with E-state index < -0.39 is 41.5 Å². The lowest BCUT2D eigenvalue weighted by Gasteiger charge is -2.28. The van der Waals surface area contributed by atoms with Crippen LogP contribution in [0.1, 0.15) is 114 Å². The molecule has 0 unspecified atom stereocenters. The van der Waals surface area contributed by atoms with Crippen molar-refractivity contribution in [3.05, 3.63) is 202 Å². The summed E-state index contributed by atoms with van der Waals surface area (Å²) < 4.78 is 16.1. The van der Waals surface area contributed by atoms with Gasteiger partial charge in [0.25, 0.3) is 40.9 Å². The first-order valence-corrected chi connectivity index (χ1v) is 34.4. The van der Waals surface area contributed by atoms with E-state index in [0.29, 0.717) is 57.9 Å². The molecular formula is C71H66BrI2N19O8. The molecule has 27 nitrogen and oxygen atoms in total. The number of aliphatic hydroxyl groups is 2. The van der Waals surface area contributed by atoms with Gasteiger partial charge in [-0.2, -0.15) is 0 Å². The summed E-state index contributed by atoms with van der Waals surface area (Å²) in [4.78, 5) is 103. The highest BCUT2D eigenvalue weighted by molar-refractivity contribution is 14.1. The molecule has 12 aromatic heterocycles. The van der Waals surface area contributed by atoms with E-state index in [1.807, 2.05) is 75.8 Å². The van der Waals surface area contributed by atoms with Crippen LogP contribution in [0.3, 0.4) is 0 Å². The number of carbonyl (C=O) groups excluding carboxylic acids is 4. The van der Waals surface area contributed by atoms with Crippen LogP contribution in [0, 0.1) is 40.0 Å². The number of nitrogens with zero attached hydrogens (tertiary/aromatic N) is 13. The molecule has 2 aliphatic rings. The minimum atomic E-state index is -0.702. The van der Waals surface area contributed by atoms with Gasteiger partial charge < -0.3 is 74.5 Å². The van der Waals surface area contributed by atoms with E-state index in [1.165, 1.54) is 21.4 Å². The Kier molecular flexibility index (Phi) is 24.7. The maximum Gasteiger partial charge on any atom is 0.419 e.